The molecule has 0 aromatic heterocycles. The van der Waals surface area contributed by atoms with Crippen LogP contribution in [0.1, 0.15) is 26.7 Å². The molecule has 4 nitrogen and oxygen atoms in total. The van der Waals surface area contributed by atoms with E-state index in [4.69, 9.17) is 4.74 Å². The molecule has 2 atom stereocenters. The minimum absolute atomic E-state index is 0. The van der Waals surface area contributed by atoms with Crippen molar-refractivity contribution in [2.24, 2.45) is 5.41 Å². The van der Waals surface area contributed by atoms with E-state index in [0.29, 0.717) is 12.5 Å². The van der Waals surface area contributed by atoms with Crippen molar-refractivity contribution >= 4 is 18.3 Å². The van der Waals surface area contributed by atoms with Crippen LogP contribution in [0.4, 0.5) is 0 Å². The summed E-state index contributed by atoms with van der Waals surface area (Å²) in [5, 5.41) is 3.33. The average Bonchev–Trinajstić information content (AvgIpc) is 2.29. The second-order valence-electron chi connectivity index (χ2n) is 5.27. The Hall–Kier alpha value is -0.320. The highest BCUT2D eigenvalue weighted by atomic mass is 35.5. The van der Waals surface area contributed by atoms with Gasteiger partial charge in [-0.15, -0.1) is 12.4 Å². The highest BCUT2D eigenvalue weighted by Gasteiger charge is 2.38. The summed E-state index contributed by atoms with van der Waals surface area (Å²) in [6.07, 6.45) is 2.28. The van der Waals surface area contributed by atoms with Crippen LogP contribution in [0.15, 0.2) is 0 Å². The number of rotatable bonds is 1. The Morgan fingerprint density at radius 1 is 1.53 bits per heavy atom. The molecule has 5 heteroatoms. The van der Waals surface area contributed by atoms with E-state index in [1.54, 1.807) is 0 Å². The number of halogens is 1. The van der Waals surface area contributed by atoms with Gasteiger partial charge in [0.25, 0.3) is 0 Å². The topological polar surface area (TPSA) is 41.6 Å². The molecular weight excluding hydrogens is 240 g/mol. The molecule has 0 radical (unpaired) electrons. The van der Waals surface area contributed by atoms with Crippen LogP contribution in [0.25, 0.3) is 0 Å². The van der Waals surface area contributed by atoms with Crippen LogP contribution in [0, 0.1) is 5.41 Å². The Kier molecular flexibility index (Phi) is 5.22. The molecule has 0 spiro atoms. The fourth-order valence-electron chi connectivity index (χ4n) is 2.62. The van der Waals surface area contributed by atoms with E-state index < -0.39 is 0 Å². The second kappa shape index (κ2) is 6.03. The highest BCUT2D eigenvalue weighted by molar-refractivity contribution is 5.85. The summed E-state index contributed by atoms with van der Waals surface area (Å²) in [5.41, 5.74) is -0.199. The lowest BCUT2D eigenvalue weighted by molar-refractivity contribution is -0.149. The van der Waals surface area contributed by atoms with Crippen molar-refractivity contribution in [3.8, 4) is 0 Å². The van der Waals surface area contributed by atoms with Crippen LogP contribution in [0.3, 0.4) is 0 Å². The van der Waals surface area contributed by atoms with Gasteiger partial charge >= 0.3 is 0 Å². The van der Waals surface area contributed by atoms with Gasteiger partial charge in [0.1, 0.15) is 0 Å². The zero-order valence-electron chi connectivity index (χ0n) is 10.7. The summed E-state index contributed by atoms with van der Waals surface area (Å²) in [5.74, 6) is 0.301. The van der Waals surface area contributed by atoms with Crippen molar-refractivity contribution in [3.05, 3.63) is 0 Å². The number of nitrogens with zero attached hydrogens (tertiary/aromatic N) is 1. The number of morpholine rings is 1. The normalized spacial score (nSPS) is 34.0. The highest BCUT2D eigenvalue weighted by Crippen LogP contribution is 2.28. The number of amides is 1. The number of hydrogen-bond donors (Lipinski definition) is 1. The SMILES string of the molecule is CC1CN(C(=O)C2(C)CCCNC2)CCO1.Cl. The molecule has 0 bridgehead atoms. The first-order valence-corrected chi connectivity index (χ1v) is 6.23. The predicted molar refractivity (Wildman–Crippen MR) is 69.5 cm³/mol. The predicted octanol–water partition coefficient (Wildman–Crippen LogP) is 1.05. The molecule has 2 fully saturated rings. The summed E-state index contributed by atoms with van der Waals surface area (Å²) < 4.78 is 5.47. The van der Waals surface area contributed by atoms with E-state index in [1.807, 2.05) is 11.8 Å². The number of carbonyl (C=O) groups is 1. The van der Waals surface area contributed by atoms with E-state index >= 15 is 0 Å². The number of nitrogens with one attached hydrogen (secondary N) is 1. The summed E-state index contributed by atoms with van der Waals surface area (Å²) >= 11 is 0. The first kappa shape index (κ1) is 14.7. The molecular formula is C12H23ClN2O2. The van der Waals surface area contributed by atoms with Gasteiger partial charge in [-0.2, -0.15) is 0 Å². The Morgan fingerprint density at radius 2 is 2.29 bits per heavy atom. The minimum Gasteiger partial charge on any atom is -0.375 e. The monoisotopic (exact) mass is 262 g/mol. The summed E-state index contributed by atoms with van der Waals surface area (Å²) in [6, 6.07) is 0. The maximum atomic E-state index is 12.5. The average molecular weight is 263 g/mol. The third-order valence-electron chi connectivity index (χ3n) is 3.64. The molecule has 2 rings (SSSR count). The molecule has 0 aliphatic carbocycles. The van der Waals surface area contributed by atoms with E-state index in [0.717, 1.165) is 39.0 Å². The fourth-order valence-corrected chi connectivity index (χ4v) is 2.62. The molecule has 100 valence electrons. The van der Waals surface area contributed by atoms with E-state index in [-0.39, 0.29) is 23.9 Å². The van der Waals surface area contributed by atoms with Crippen molar-refractivity contribution in [2.45, 2.75) is 32.8 Å². The Balaban J connectivity index is 0.00000144. The van der Waals surface area contributed by atoms with Gasteiger partial charge in [0, 0.05) is 19.6 Å². The van der Waals surface area contributed by atoms with Gasteiger partial charge in [-0.05, 0) is 33.2 Å². The quantitative estimate of drug-likeness (QED) is 0.768. The molecule has 2 unspecified atom stereocenters. The lowest BCUT2D eigenvalue weighted by Gasteiger charge is -2.40. The van der Waals surface area contributed by atoms with Gasteiger partial charge in [0.2, 0.25) is 5.91 Å². The van der Waals surface area contributed by atoms with Gasteiger partial charge in [0.15, 0.2) is 0 Å². The number of ether oxygens (including phenoxy) is 1. The minimum atomic E-state index is -0.199. The van der Waals surface area contributed by atoms with Crippen molar-refractivity contribution in [2.75, 3.05) is 32.8 Å². The van der Waals surface area contributed by atoms with Crippen molar-refractivity contribution in [1.29, 1.82) is 0 Å². The van der Waals surface area contributed by atoms with Crippen LogP contribution >= 0.6 is 12.4 Å². The van der Waals surface area contributed by atoms with Crippen LogP contribution in [-0.2, 0) is 9.53 Å². The Morgan fingerprint density at radius 3 is 2.88 bits per heavy atom. The fraction of sp³-hybridized carbons (Fsp3) is 0.917. The summed E-state index contributed by atoms with van der Waals surface area (Å²) in [6.45, 7) is 8.14. The van der Waals surface area contributed by atoms with Crippen molar-refractivity contribution in [1.82, 2.24) is 10.2 Å². The molecule has 17 heavy (non-hydrogen) atoms. The van der Waals surface area contributed by atoms with Crippen LogP contribution < -0.4 is 5.32 Å². The van der Waals surface area contributed by atoms with Gasteiger partial charge in [-0.25, -0.2) is 0 Å². The molecule has 0 aromatic rings. The maximum absolute atomic E-state index is 12.5. The second-order valence-corrected chi connectivity index (χ2v) is 5.27. The number of piperidine rings is 1. The van der Waals surface area contributed by atoms with Crippen molar-refractivity contribution in [3.63, 3.8) is 0 Å². The molecule has 2 aliphatic rings. The largest absolute Gasteiger partial charge is 0.375 e. The van der Waals surface area contributed by atoms with Crippen LogP contribution in [0.5, 0.6) is 0 Å². The number of hydrogen-bond acceptors (Lipinski definition) is 3. The summed E-state index contributed by atoms with van der Waals surface area (Å²) in [4.78, 5) is 14.4. The lowest BCUT2D eigenvalue weighted by Crippen LogP contribution is -2.54. The van der Waals surface area contributed by atoms with E-state index in [9.17, 15) is 4.79 Å². The van der Waals surface area contributed by atoms with Gasteiger partial charge in [-0.1, -0.05) is 0 Å². The molecule has 1 N–H and O–H groups in total. The maximum Gasteiger partial charge on any atom is 0.229 e. The molecule has 0 saturated carbocycles. The molecule has 2 aliphatic heterocycles. The van der Waals surface area contributed by atoms with Gasteiger partial charge in [-0.3, -0.25) is 4.79 Å². The van der Waals surface area contributed by atoms with Crippen molar-refractivity contribution < 1.29 is 9.53 Å². The zero-order chi connectivity index (χ0) is 11.6. The van der Waals surface area contributed by atoms with Gasteiger partial charge < -0.3 is 15.0 Å². The molecule has 2 saturated heterocycles. The standard InChI is InChI=1S/C12H22N2O2.ClH/c1-10-8-14(6-7-16-10)11(15)12(2)4-3-5-13-9-12;/h10,13H,3-9H2,1-2H3;1H. The number of carbonyl (C=O) groups excluding carboxylic acids is 1. The van der Waals surface area contributed by atoms with E-state index in [2.05, 4.69) is 12.2 Å². The van der Waals surface area contributed by atoms with Crippen LogP contribution in [0.2, 0.25) is 0 Å². The Bertz CT molecular complexity index is 267. The summed E-state index contributed by atoms with van der Waals surface area (Å²) in [7, 11) is 0. The smallest absolute Gasteiger partial charge is 0.229 e. The first-order chi connectivity index (χ1) is 7.62. The lowest BCUT2D eigenvalue weighted by atomic mass is 9.81. The van der Waals surface area contributed by atoms with E-state index in [1.165, 1.54) is 0 Å². The third-order valence-corrected chi connectivity index (χ3v) is 3.64. The van der Waals surface area contributed by atoms with Gasteiger partial charge in [0.05, 0.1) is 18.1 Å². The first-order valence-electron chi connectivity index (χ1n) is 6.23. The Labute approximate surface area is 109 Å². The van der Waals surface area contributed by atoms with Crippen LogP contribution in [-0.4, -0.2) is 49.7 Å². The zero-order valence-corrected chi connectivity index (χ0v) is 11.5. The molecule has 0 aromatic carbocycles. The third kappa shape index (κ3) is 3.33. The molecule has 1 amide bonds. The molecule has 2 heterocycles.